The van der Waals surface area contributed by atoms with E-state index in [1.807, 2.05) is 42.6 Å². The van der Waals surface area contributed by atoms with Gasteiger partial charge in [0.05, 0.1) is 29.3 Å². The van der Waals surface area contributed by atoms with Crippen LogP contribution in [0, 0.1) is 13.8 Å². The number of piperazine rings is 1. The van der Waals surface area contributed by atoms with Crippen LogP contribution < -0.4 is 15.5 Å². The second kappa shape index (κ2) is 10.3. The van der Waals surface area contributed by atoms with Gasteiger partial charge in [0.2, 0.25) is 0 Å². The number of aliphatic carboxylic acids is 1. The number of hydrogen-bond acceptors (Lipinski definition) is 8. The predicted molar refractivity (Wildman–Crippen MR) is 129 cm³/mol. The molecule has 1 fully saturated rings. The molecule has 194 valence electrons. The highest BCUT2D eigenvalue weighted by molar-refractivity contribution is 6.13. The van der Waals surface area contributed by atoms with Crippen LogP contribution in [0.1, 0.15) is 21.7 Å². The van der Waals surface area contributed by atoms with Gasteiger partial charge in [-0.25, -0.2) is 14.8 Å². The number of carboxylic acids is 1. The minimum Gasteiger partial charge on any atom is -0.475 e. The van der Waals surface area contributed by atoms with Gasteiger partial charge >= 0.3 is 12.1 Å². The van der Waals surface area contributed by atoms with Gasteiger partial charge in [-0.1, -0.05) is 0 Å². The van der Waals surface area contributed by atoms with Gasteiger partial charge < -0.3 is 25.0 Å². The number of rotatable bonds is 3. The Hall–Kier alpha value is -4.33. The molecule has 1 amide bonds. The largest absolute Gasteiger partial charge is 0.490 e. The van der Waals surface area contributed by atoms with E-state index >= 15 is 0 Å². The van der Waals surface area contributed by atoms with Gasteiger partial charge in [0, 0.05) is 43.4 Å². The van der Waals surface area contributed by atoms with Crippen LogP contribution in [0.5, 0.6) is 0 Å². The molecule has 3 N–H and O–H groups in total. The quantitative estimate of drug-likeness (QED) is 0.375. The average molecular weight is 516 g/mol. The normalized spacial score (nSPS) is 13.8. The second-order valence-electron chi connectivity index (χ2n) is 8.24. The zero-order valence-electron chi connectivity index (χ0n) is 19.9. The van der Waals surface area contributed by atoms with Crippen LogP contribution in [0.2, 0.25) is 0 Å². The summed E-state index contributed by atoms with van der Waals surface area (Å²) < 4.78 is 33.6. The number of hydrogen-bond donors (Lipinski definition) is 3. The number of nitrogens with one attached hydrogen (secondary N) is 2. The number of halogens is 3. The van der Waals surface area contributed by atoms with Gasteiger partial charge in [-0.3, -0.25) is 4.79 Å². The number of anilines is 2. The van der Waals surface area contributed by atoms with Crippen LogP contribution in [-0.4, -0.2) is 73.9 Å². The minimum atomic E-state index is -5.08. The van der Waals surface area contributed by atoms with Crippen LogP contribution in [0.3, 0.4) is 0 Å². The van der Waals surface area contributed by atoms with E-state index in [1.165, 1.54) is 0 Å². The number of amides is 1. The van der Waals surface area contributed by atoms with Crippen LogP contribution >= 0.6 is 0 Å². The third-order valence-electron chi connectivity index (χ3n) is 5.57. The van der Waals surface area contributed by atoms with Gasteiger partial charge in [-0.05, 0) is 32.0 Å². The number of aromatic nitrogens is 5. The van der Waals surface area contributed by atoms with Crippen LogP contribution in [-0.2, 0) is 4.79 Å². The molecule has 0 unspecified atom stereocenters. The summed E-state index contributed by atoms with van der Waals surface area (Å²) in [5.41, 5.74) is 4.55. The van der Waals surface area contributed by atoms with Crippen LogP contribution in [0.25, 0.3) is 16.6 Å². The van der Waals surface area contributed by atoms with E-state index in [9.17, 15) is 18.0 Å². The number of carbonyl (C=O) groups is 2. The van der Waals surface area contributed by atoms with Crippen molar-refractivity contribution in [2.24, 2.45) is 0 Å². The lowest BCUT2D eigenvalue weighted by Crippen LogP contribution is -2.43. The minimum absolute atomic E-state index is 0.268. The van der Waals surface area contributed by atoms with E-state index in [1.54, 1.807) is 12.4 Å². The van der Waals surface area contributed by atoms with Crippen molar-refractivity contribution in [2.75, 3.05) is 36.4 Å². The smallest absolute Gasteiger partial charge is 0.475 e. The second-order valence-corrected chi connectivity index (χ2v) is 8.24. The van der Waals surface area contributed by atoms with Crippen molar-refractivity contribution in [1.82, 2.24) is 29.9 Å². The summed E-state index contributed by atoms with van der Waals surface area (Å²) in [5.74, 6) is -2.56. The van der Waals surface area contributed by atoms with Gasteiger partial charge in [0.1, 0.15) is 11.3 Å². The first-order valence-corrected chi connectivity index (χ1v) is 11.2. The van der Waals surface area contributed by atoms with Crippen molar-refractivity contribution in [1.29, 1.82) is 0 Å². The fourth-order valence-corrected chi connectivity index (χ4v) is 3.95. The number of carboxylic acid groups (broad SMARTS) is 1. The van der Waals surface area contributed by atoms with Crippen molar-refractivity contribution in [3.05, 3.63) is 53.7 Å². The Kier molecular flexibility index (Phi) is 7.20. The van der Waals surface area contributed by atoms with Crippen molar-refractivity contribution < 1.29 is 27.9 Å². The highest BCUT2D eigenvalue weighted by atomic mass is 19.4. The zero-order valence-corrected chi connectivity index (χ0v) is 19.9. The molecule has 0 aliphatic carbocycles. The average Bonchev–Trinajstić information content (AvgIpc) is 3.24. The van der Waals surface area contributed by atoms with E-state index in [0.29, 0.717) is 16.9 Å². The van der Waals surface area contributed by atoms with E-state index in [4.69, 9.17) is 9.90 Å². The Morgan fingerprint density at radius 3 is 2.46 bits per heavy atom. The van der Waals surface area contributed by atoms with E-state index in [2.05, 4.69) is 35.7 Å². The molecule has 1 saturated heterocycles. The van der Waals surface area contributed by atoms with Gasteiger partial charge in [0.25, 0.3) is 5.91 Å². The Balaban J connectivity index is 0.000000405. The Morgan fingerprint density at radius 1 is 1.08 bits per heavy atom. The molecule has 4 heterocycles. The lowest BCUT2D eigenvalue weighted by Gasteiger charge is -2.30. The molecule has 14 heteroatoms. The number of benzene rings is 1. The summed E-state index contributed by atoms with van der Waals surface area (Å²) in [4.78, 5) is 33.2. The Bertz CT molecular complexity index is 1470. The van der Waals surface area contributed by atoms with Crippen molar-refractivity contribution >= 4 is 39.9 Å². The Labute approximate surface area is 208 Å². The first kappa shape index (κ1) is 25.8. The number of carbonyl (C=O) groups excluding carboxylic acids is 1. The summed E-state index contributed by atoms with van der Waals surface area (Å²) in [7, 11) is 0. The van der Waals surface area contributed by atoms with Gasteiger partial charge in [-0.15, -0.1) is 5.10 Å². The first-order valence-electron chi connectivity index (χ1n) is 11.2. The topological polar surface area (TPSA) is 138 Å². The molecule has 37 heavy (non-hydrogen) atoms. The molecule has 5 rings (SSSR count). The first-order chi connectivity index (χ1) is 17.5. The maximum absolute atomic E-state index is 13.1. The van der Waals surface area contributed by atoms with Crippen LogP contribution in [0.4, 0.5) is 24.7 Å². The molecular formula is C23H23F3N8O3. The van der Waals surface area contributed by atoms with E-state index in [-0.39, 0.29) is 5.91 Å². The molecule has 0 atom stereocenters. The summed E-state index contributed by atoms with van der Waals surface area (Å²) in [6.07, 6.45) is 0.252. The van der Waals surface area contributed by atoms with E-state index < -0.39 is 12.1 Å². The monoisotopic (exact) mass is 516 g/mol. The summed E-state index contributed by atoms with van der Waals surface area (Å²) in [5, 5.41) is 22.6. The fourth-order valence-electron chi connectivity index (χ4n) is 3.95. The summed E-state index contributed by atoms with van der Waals surface area (Å²) >= 11 is 0. The van der Waals surface area contributed by atoms with Gasteiger partial charge in [0.15, 0.2) is 5.65 Å². The number of nitrogens with zero attached hydrogens (tertiary/aromatic N) is 6. The summed E-state index contributed by atoms with van der Waals surface area (Å²) in [6, 6.07) is 5.72. The predicted octanol–water partition coefficient (Wildman–Crippen LogP) is 2.58. The molecule has 1 aliphatic rings. The maximum Gasteiger partial charge on any atom is 0.490 e. The number of fused-ring (bicyclic) bond motifs is 2. The molecule has 0 radical (unpaired) electrons. The lowest BCUT2D eigenvalue weighted by atomic mass is 10.1. The van der Waals surface area contributed by atoms with E-state index in [0.717, 1.165) is 54.3 Å². The zero-order chi connectivity index (χ0) is 26.7. The molecule has 11 nitrogen and oxygen atoms in total. The lowest BCUT2D eigenvalue weighted by molar-refractivity contribution is -0.192. The van der Waals surface area contributed by atoms with Crippen molar-refractivity contribution in [3.8, 4) is 0 Å². The number of aryl methyl sites for hydroxylation is 2. The standard InChI is InChI=1S/C21H22N8O.C2HF3O2/c1-13-11-29-12-18(25-14(2)20(29)24-13)26-21(30)16-3-4-17(28-9-7-22-8-10-28)15-5-6-23-27-19(15)16;3-2(4,5)1(6)7/h3-6,11-12,22H,7-10H2,1-2H3,(H,26,30);(H,6,7). The molecule has 3 aromatic heterocycles. The van der Waals surface area contributed by atoms with Crippen molar-refractivity contribution in [2.45, 2.75) is 20.0 Å². The molecule has 0 spiro atoms. The number of imidazole rings is 1. The molecule has 0 bridgehead atoms. The number of alkyl halides is 3. The maximum atomic E-state index is 13.1. The molecule has 4 aromatic rings. The third kappa shape index (κ3) is 5.74. The highest BCUT2D eigenvalue weighted by Gasteiger charge is 2.38. The Morgan fingerprint density at radius 2 is 1.78 bits per heavy atom. The van der Waals surface area contributed by atoms with Crippen LogP contribution in [0.15, 0.2) is 36.8 Å². The SMILES string of the molecule is Cc1cn2cc(NC(=O)c3ccc(N4CCNCC4)c4ccnnc34)nc(C)c2n1.O=C(O)C(F)(F)F. The molecule has 0 saturated carbocycles. The summed E-state index contributed by atoms with van der Waals surface area (Å²) in [6.45, 7) is 7.50. The fraction of sp³-hybridized carbons (Fsp3) is 0.304. The van der Waals surface area contributed by atoms with Gasteiger partial charge in [-0.2, -0.15) is 18.3 Å². The van der Waals surface area contributed by atoms with Crippen molar-refractivity contribution in [3.63, 3.8) is 0 Å². The molecule has 1 aliphatic heterocycles. The molecule has 1 aromatic carbocycles. The third-order valence-corrected chi connectivity index (χ3v) is 5.57. The highest BCUT2D eigenvalue weighted by Crippen LogP contribution is 2.28. The molecular weight excluding hydrogens is 493 g/mol.